The molecule has 130 valence electrons. The van der Waals surface area contributed by atoms with E-state index in [-0.39, 0.29) is 11.3 Å². The molecular weight excluding hydrogens is 332 g/mol. The number of hydrogen-bond acceptors (Lipinski definition) is 6. The summed E-state index contributed by atoms with van der Waals surface area (Å²) in [6.45, 7) is 0. The number of carbonyl (C=O) groups excluding carboxylic acids is 1. The van der Waals surface area contributed by atoms with Crippen LogP contribution in [0.15, 0.2) is 69.5 Å². The van der Waals surface area contributed by atoms with Gasteiger partial charge in [0.15, 0.2) is 0 Å². The van der Waals surface area contributed by atoms with Gasteiger partial charge in [-0.05, 0) is 35.7 Å². The van der Waals surface area contributed by atoms with Crippen molar-refractivity contribution < 1.29 is 9.53 Å². The molecule has 7 heteroatoms. The molecular formula is C19H16N4O3. The van der Waals surface area contributed by atoms with Crippen LogP contribution in [0.2, 0.25) is 0 Å². The molecule has 3 N–H and O–H groups in total. The van der Waals surface area contributed by atoms with Gasteiger partial charge in [-0.3, -0.25) is 9.79 Å². The second-order valence-electron chi connectivity index (χ2n) is 5.41. The summed E-state index contributed by atoms with van der Waals surface area (Å²) < 4.78 is 4.68. The van der Waals surface area contributed by atoms with E-state index in [0.717, 1.165) is 10.9 Å². The first-order chi connectivity index (χ1) is 12.6. The number of hydrogen-bond donors (Lipinski definition) is 2. The third-order valence-electron chi connectivity index (χ3n) is 3.77. The van der Waals surface area contributed by atoms with Crippen LogP contribution >= 0.6 is 0 Å². The molecule has 0 aliphatic carbocycles. The summed E-state index contributed by atoms with van der Waals surface area (Å²) in [5.74, 6) is 4.99. The highest BCUT2D eigenvalue weighted by atomic mass is 16.5. The van der Waals surface area contributed by atoms with Crippen molar-refractivity contribution in [2.45, 2.75) is 0 Å². The van der Waals surface area contributed by atoms with Gasteiger partial charge >= 0.3 is 5.97 Å². The zero-order valence-electron chi connectivity index (χ0n) is 14.0. The molecule has 7 nitrogen and oxygen atoms in total. The normalized spacial score (nSPS) is 11.8. The third kappa shape index (κ3) is 3.51. The van der Waals surface area contributed by atoms with Crippen LogP contribution in [-0.4, -0.2) is 30.0 Å². The van der Waals surface area contributed by atoms with Crippen LogP contribution in [-0.2, 0) is 4.74 Å². The Morgan fingerprint density at radius 3 is 2.73 bits per heavy atom. The molecule has 0 radical (unpaired) electrons. The quantitative estimate of drug-likeness (QED) is 0.326. The lowest BCUT2D eigenvalue weighted by Crippen LogP contribution is -2.20. The standard InChI is InChI=1S/C19H16N4O3/c1-26-19(25)13-6-4-7-14(9-13)21-11-17(23-20)15-10-12-5-2-3-8-16(12)22-18(15)24/h2-11H,20H2,1H3,(H,22,24). The first-order valence-electron chi connectivity index (χ1n) is 7.75. The van der Waals surface area contributed by atoms with Crippen molar-refractivity contribution in [3.8, 4) is 0 Å². The smallest absolute Gasteiger partial charge is 0.337 e. The summed E-state index contributed by atoms with van der Waals surface area (Å²) in [7, 11) is 1.31. The second-order valence-corrected chi connectivity index (χ2v) is 5.41. The molecule has 1 heterocycles. The van der Waals surface area contributed by atoms with Gasteiger partial charge in [0.25, 0.3) is 5.56 Å². The van der Waals surface area contributed by atoms with Gasteiger partial charge in [0, 0.05) is 5.52 Å². The number of fused-ring (bicyclic) bond motifs is 1. The number of aromatic amines is 1. The lowest BCUT2D eigenvalue weighted by atomic mass is 10.1. The molecule has 0 fully saturated rings. The van der Waals surface area contributed by atoms with Crippen LogP contribution in [0.1, 0.15) is 15.9 Å². The number of nitrogens with one attached hydrogen (secondary N) is 1. The molecule has 0 aliphatic heterocycles. The predicted molar refractivity (Wildman–Crippen MR) is 101 cm³/mol. The molecule has 0 atom stereocenters. The number of esters is 1. The Balaban J connectivity index is 1.96. The zero-order chi connectivity index (χ0) is 18.5. The molecule has 0 amide bonds. The Morgan fingerprint density at radius 1 is 1.15 bits per heavy atom. The van der Waals surface area contributed by atoms with Crippen molar-refractivity contribution in [2.75, 3.05) is 7.11 Å². The highest BCUT2D eigenvalue weighted by Gasteiger charge is 2.09. The Morgan fingerprint density at radius 2 is 1.96 bits per heavy atom. The highest BCUT2D eigenvalue weighted by molar-refractivity contribution is 6.38. The number of para-hydroxylation sites is 1. The Bertz CT molecular complexity index is 1080. The van der Waals surface area contributed by atoms with E-state index in [1.807, 2.05) is 24.3 Å². The maximum atomic E-state index is 12.3. The van der Waals surface area contributed by atoms with E-state index < -0.39 is 5.97 Å². The minimum atomic E-state index is -0.458. The minimum absolute atomic E-state index is 0.223. The third-order valence-corrected chi connectivity index (χ3v) is 3.77. The van der Waals surface area contributed by atoms with Gasteiger partial charge < -0.3 is 15.6 Å². The van der Waals surface area contributed by atoms with E-state index in [4.69, 9.17) is 5.84 Å². The van der Waals surface area contributed by atoms with E-state index in [1.54, 1.807) is 30.3 Å². The zero-order valence-corrected chi connectivity index (χ0v) is 14.0. The van der Waals surface area contributed by atoms with Gasteiger partial charge in [0.1, 0.15) is 5.71 Å². The van der Waals surface area contributed by atoms with Crippen LogP contribution in [0, 0.1) is 0 Å². The van der Waals surface area contributed by atoms with Gasteiger partial charge in [0.2, 0.25) is 0 Å². The number of nitrogens with two attached hydrogens (primary N) is 1. The Hall–Kier alpha value is -3.74. The van der Waals surface area contributed by atoms with E-state index in [9.17, 15) is 9.59 Å². The average Bonchev–Trinajstić information content (AvgIpc) is 2.68. The summed E-state index contributed by atoms with van der Waals surface area (Å²) in [5, 5.41) is 4.52. The fourth-order valence-electron chi connectivity index (χ4n) is 2.48. The van der Waals surface area contributed by atoms with Crippen LogP contribution in [0.4, 0.5) is 5.69 Å². The molecule has 3 rings (SSSR count). The molecule has 0 bridgehead atoms. The van der Waals surface area contributed by atoms with Gasteiger partial charge in [-0.1, -0.05) is 24.3 Å². The predicted octanol–water partition coefficient (Wildman–Crippen LogP) is 2.38. The Labute approximate surface area is 148 Å². The van der Waals surface area contributed by atoms with Crippen molar-refractivity contribution in [1.29, 1.82) is 0 Å². The number of H-pyrrole nitrogens is 1. The van der Waals surface area contributed by atoms with Gasteiger partial charge in [0.05, 0.1) is 30.1 Å². The van der Waals surface area contributed by atoms with Gasteiger partial charge in [-0.15, -0.1) is 0 Å². The van der Waals surface area contributed by atoms with Crippen molar-refractivity contribution in [1.82, 2.24) is 4.98 Å². The monoisotopic (exact) mass is 348 g/mol. The lowest BCUT2D eigenvalue weighted by molar-refractivity contribution is 0.0601. The maximum Gasteiger partial charge on any atom is 0.337 e. The minimum Gasteiger partial charge on any atom is -0.465 e. The van der Waals surface area contributed by atoms with Crippen LogP contribution < -0.4 is 11.4 Å². The van der Waals surface area contributed by atoms with Crippen molar-refractivity contribution >= 4 is 34.5 Å². The number of aliphatic imine (C=N–C) groups is 1. The maximum absolute atomic E-state index is 12.3. The SMILES string of the molecule is COC(=O)c1cccc(N=CC(=NN)c2cc3ccccc3[nH]c2=O)c1. The first-order valence-corrected chi connectivity index (χ1v) is 7.75. The fourth-order valence-corrected chi connectivity index (χ4v) is 2.48. The van der Waals surface area contributed by atoms with E-state index in [2.05, 4.69) is 19.8 Å². The number of ether oxygens (including phenoxy) is 1. The molecule has 0 spiro atoms. The largest absolute Gasteiger partial charge is 0.465 e. The van der Waals surface area contributed by atoms with E-state index in [0.29, 0.717) is 16.8 Å². The topological polar surface area (TPSA) is 110 Å². The number of carbonyl (C=O) groups is 1. The number of methoxy groups -OCH3 is 1. The molecule has 0 aliphatic rings. The number of aromatic nitrogens is 1. The molecule has 3 aromatic rings. The lowest BCUT2D eigenvalue weighted by Gasteiger charge is -2.03. The summed E-state index contributed by atoms with van der Waals surface area (Å²) in [4.78, 5) is 30.9. The number of pyridine rings is 1. The summed E-state index contributed by atoms with van der Waals surface area (Å²) in [6, 6.07) is 15.7. The fraction of sp³-hybridized carbons (Fsp3) is 0.0526. The van der Waals surface area contributed by atoms with Crippen LogP contribution in [0.3, 0.4) is 0 Å². The van der Waals surface area contributed by atoms with Crippen LogP contribution in [0.5, 0.6) is 0 Å². The molecule has 0 saturated heterocycles. The Kier molecular flexibility index (Phi) is 4.89. The number of rotatable bonds is 4. The van der Waals surface area contributed by atoms with Gasteiger partial charge in [-0.2, -0.15) is 5.10 Å². The average molecular weight is 348 g/mol. The number of nitrogens with zero attached hydrogens (tertiary/aromatic N) is 2. The molecule has 0 unspecified atom stereocenters. The summed E-state index contributed by atoms with van der Waals surface area (Å²) in [6.07, 6.45) is 1.38. The number of benzene rings is 2. The van der Waals surface area contributed by atoms with E-state index in [1.165, 1.54) is 13.3 Å². The first kappa shape index (κ1) is 17.1. The molecule has 26 heavy (non-hydrogen) atoms. The van der Waals surface area contributed by atoms with Crippen LogP contribution in [0.25, 0.3) is 10.9 Å². The molecule has 2 aromatic carbocycles. The van der Waals surface area contributed by atoms with Gasteiger partial charge in [-0.25, -0.2) is 4.79 Å². The molecule has 0 saturated carbocycles. The van der Waals surface area contributed by atoms with Crippen molar-refractivity contribution in [3.63, 3.8) is 0 Å². The van der Waals surface area contributed by atoms with E-state index >= 15 is 0 Å². The van der Waals surface area contributed by atoms with Crippen molar-refractivity contribution in [3.05, 3.63) is 76.1 Å². The highest BCUT2D eigenvalue weighted by Crippen LogP contribution is 2.15. The summed E-state index contributed by atoms with van der Waals surface area (Å²) >= 11 is 0. The number of hydrazone groups is 1. The molecule has 1 aromatic heterocycles. The summed E-state index contributed by atoms with van der Waals surface area (Å²) in [5.41, 5.74) is 1.81. The van der Waals surface area contributed by atoms with Crippen molar-refractivity contribution in [2.24, 2.45) is 15.9 Å². The second kappa shape index (κ2) is 7.43.